The number of amides is 1. The Hall–Kier alpha value is -2.28. The van der Waals surface area contributed by atoms with Gasteiger partial charge in [-0.05, 0) is 26.0 Å². The third-order valence-electron chi connectivity index (χ3n) is 4.26. The molecule has 1 aliphatic rings. The van der Waals surface area contributed by atoms with Gasteiger partial charge in [0.2, 0.25) is 5.91 Å². The number of nitrogens with zero attached hydrogens (tertiary/aromatic N) is 3. The molecule has 0 aliphatic carbocycles. The lowest BCUT2D eigenvalue weighted by Gasteiger charge is -2.36. The van der Waals surface area contributed by atoms with Crippen LogP contribution in [0.25, 0.3) is 0 Å². The molecule has 132 valence electrons. The van der Waals surface area contributed by atoms with Gasteiger partial charge < -0.3 is 14.8 Å². The lowest BCUT2D eigenvalue weighted by atomic mass is 10.2. The van der Waals surface area contributed by atoms with Crippen LogP contribution in [0.5, 0.6) is 0 Å². The highest BCUT2D eigenvalue weighted by molar-refractivity contribution is 8.00. The van der Waals surface area contributed by atoms with E-state index in [-0.39, 0.29) is 16.7 Å². The highest BCUT2D eigenvalue weighted by Crippen LogP contribution is 2.25. The topological polar surface area (TPSA) is 69.3 Å². The summed E-state index contributed by atoms with van der Waals surface area (Å²) in [5, 5.41) is -0.132. The van der Waals surface area contributed by atoms with E-state index in [0.29, 0.717) is 32.0 Å². The molecule has 0 spiro atoms. The number of hydrogen-bond acceptors (Lipinski definition) is 5. The van der Waals surface area contributed by atoms with Crippen molar-refractivity contribution in [3.8, 4) is 0 Å². The van der Waals surface area contributed by atoms with Gasteiger partial charge in [-0.25, -0.2) is 4.98 Å². The third-order valence-corrected chi connectivity index (χ3v) is 5.36. The largest absolute Gasteiger partial charge is 0.348 e. The van der Waals surface area contributed by atoms with Crippen LogP contribution in [0.4, 0.5) is 5.82 Å². The second-order valence-corrected chi connectivity index (χ2v) is 7.54. The van der Waals surface area contributed by atoms with E-state index in [1.165, 1.54) is 11.8 Å². The average molecular weight is 358 g/mol. The van der Waals surface area contributed by atoms with E-state index in [1.807, 2.05) is 16.7 Å². The number of H-pyrrole nitrogens is 1. The Morgan fingerprint density at radius 1 is 1.20 bits per heavy atom. The summed E-state index contributed by atoms with van der Waals surface area (Å²) in [5.41, 5.74) is 1.02. The Balaban J connectivity index is 1.56. The minimum atomic E-state index is -0.189. The molecule has 3 rings (SSSR count). The van der Waals surface area contributed by atoms with E-state index in [9.17, 15) is 9.59 Å². The van der Waals surface area contributed by atoms with E-state index in [2.05, 4.69) is 41.2 Å². The van der Waals surface area contributed by atoms with Gasteiger partial charge >= 0.3 is 0 Å². The molecule has 1 atom stereocenters. The van der Waals surface area contributed by atoms with Crippen molar-refractivity contribution in [2.24, 2.45) is 0 Å². The Morgan fingerprint density at radius 2 is 1.88 bits per heavy atom. The first-order valence-corrected chi connectivity index (χ1v) is 9.23. The number of nitrogens with one attached hydrogen (secondary N) is 1. The monoisotopic (exact) mass is 358 g/mol. The van der Waals surface area contributed by atoms with Crippen molar-refractivity contribution < 1.29 is 4.79 Å². The van der Waals surface area contributed by atoms with Gasteiger partial charge in [-0.2, -0.15) is 0 Å². The van der Waals surface area contributed by atoms with Gasteiger partial charge in [0, 0.05) is 43.5 Å². The molecule has 6 nitrogen and oxygen atoms in total. The maximum Gasteiger partial charge on any atom is 0.290 e. The molecule has 25 heavy (non-hydrogen) atoms. The summed E-state index contributed by atoms with van der Waals surface area (Å²) in [5.74, 6) is 0.567. The van der Waals surface area contributed by atoms with Crippen molar-refractivity contribution in [2.75, 3.05) is 31.1 Å². The highest BCUT2D eigenvalue weighted by atomic mass is 32.2. The van der Waals surface area contributed by atoms with Crippen molar-refractivity contribution in [1.29, 1.82) is 0 Å². The number of hydrogen-bond donors (Lipinski definition) is 1. The van der Waals surface area contributed by atoms with E-state index >= 15 is 0 Å². The number of benzene rings is 1. The molecule has 2 aromatic rings. The molecular weight excluding hydrogens is 336 g/mol. The van der Waals surface area contributed by atoms with E-state index < -0.39 is 0 Å². The fraction of sp³-hybridized carbons (Fsp3) is 0.389. The van der Waals surface area contributed by atoms with Crippen molar-refractivity contribution in [1.82, 2.24) is 14.9 Å². The highest BCUT2D eigenvalue weighted by Gasteiger charge is 2.26. The Bertz CT molecular complexity index is 782. The molecule has 1 aliphatic heterocycles. The minimum absolute atomic E-state index is 0.132. The van der Waals surface area contributed by atoms with Gasteiger partial charge in [-0.15, -0.1) is 11.8 Å². The van der Waals surface area contributed by atoms with Crippen LogP contribution in [0, 0.1) is 6.92 Å². The molecule has 0 radical (unpaired) electrons. The first kappa shape index (κ1) is 17.5. The standard InChI is InChI=1S/C18H22N4O2S/c1-13-3-5-15(6-4-13)25-14(2)18(24)22-11-9-21(10-12-22)16-17(23)20-8-7-19-16/h3-8,14H,9-12H2,1-2H3,(H,20,23)/t14-/m1/s1. The lowest BCUT2D eigenvalue weighted by Crippen LogP contribution is -2.51. The average Bonchev–Trinajstić information content (AvgIpc) is 2.63. The predicted molar refractivity (Wildman–Crippen MR) is 100 cm³/mol. The van der Waals surface area contributed by atoms with Crippen molar-refractivity contribution in [2.45, 2.75) is 24.0 Å². The first-order chi connectivity index (χ1) is 12.0. The van der Waals surface area contributed by atoms with Crippen LogP contribution in [0.1, 0.15) is 12.5 Å². The Morgan fingerprint density at radius 3 is 2.52 bits per heavy atom. The summed E-state index contributed by atoms with van der Waals surface area (Å²) in [6.45, 7) is 6.45. The summed E-state index contributed by atoms with van der Waals surface area (Å²) >= 11 is 1.58. The molecule has 1 fully saturated rings. The zero-order chi connectivity index (χ0) is 17.8. The summed E-state index contributed by atoms with van der Waals surface area (Å²) < 4.78 is 0. The van der Waals surface area contributed by atoms with E-state index in [0.717, 1.165) is 4.90 Å². The number of aryl methyl sites for hydroxylation is 1. The molecule has 1 amide bonds. The number of rotatable bonds is 4. The van der Waals surface area contributed by atoms with Crippen LogP contribution in [0.3, 0.4) is 0 Å². The van der Waals surface area contributed by atoms with Gasteiger partial charge in [0.15, 0.2) is 5.82 Å². The number of anilines is 1. The molecule has 2 heterocycles. The smallest absolute Gasteiger partial charge is 0.290 e. The van der Waals surface area contributed by atoms with Crippen molar-refractivity contribution >= 4 is 23.5 Å². The number of carbonyl (C=O) groups excluding carboxylic acids is 1. The summed E-state index contributed by atoms with van der Waals surface area (Å²) in [6.07, 6.45) is 3.10. The fourth-order valence-electron chi connectivity index (χ4n) is 2.84. The fourth-order valence-corrected chi connectivity index (χ4v) is 3.79. The number of thioether (sulfide) groups is 1. The lowest BCUT2D eigenvalue weighted by molar-refractivity contribution is -0.130. The van der Waals surface area contributed by atoms with Gasteiger partial charge in [-0.1, -0.05) is 17.7 Å². The minimum Gasteiger partial charge on any atom is -0.348 e. The van der Waals surface area contributed by atoms with Crippen LogP contribution in [0.2, 0.25) is 0 Å². The molecule has 1 aromatic carbocycles. The zero-order valence-electron chi connectivity index (χ0n) is 14.4. The second kappa shape index (κ2) is 7.74. The van der Waals surface area contributed by atoms with Gasteiger partial charge in [0.25, 0.3) is 5.56 Å². The van der Waals surface area contributed by atoms with Gasteiger partial charge in [0.05, 0.1) is 5.25 Å². The molecule has 1 N–H and O–H groups in total. The van der Waals surface area contributed by atoms with Crippen LogP contribution in [-0.4, -0.2) is 52.2 Å². The van der Waals surface area contributed by atoms with Crippen LogP contribution < -0.4 is 10.5 Å². The Labute approximate surface area is 151 Å². The van der Waals surface area contributed by atoms with Crippen LogP contribution >= 0.6 is 11.8 Å². The maximum atomic E-state index is 12.7. The number of aromatic nitrogens is 2. The maximum absolute atomic E-state index is 12.7. The van der Waals surface area contributed by atoms with Crippen LogP contribution in [-0.2, 0) is 4.79 Å². The number of carbonyl (C=O) groups is 1. The molecule has 0 unspecified atom stereocenters. The van der Waals surface area contributed by atoms with Crippen molar-refractivity contribution in [3.05, 3.63) is 52.6 Å². The predicted octanol–water partition coefficient (Wildman–Crippen LogP) is 1.91. The molecule has 7 heteroatoms. The normalized spacial score (nSPS) is 15.9. The van der Waals surface area contributed by atoms with Crippen molar-refractivity contribution in [3.63, 3.8) is 0 Å². The summed E-state index contributed by atoms with van der Waals surface area (Å²) in [4.78, 5) is 36.2. The zero-order valence-corrected chi connectivity index (χ0v) is 15.3. The molecule has 1 aromatic heterocycles. The van der Waals surface area contributed by atoms with Gasteiger partial charge in [-0.3, -0.25) is 9.59 Å². The molecule has 0 saturated carbocycles. The second-order valence-electron chi connectivity index (χ2n) is 6.13. The first-order valence-electron chi connectivity index (χ1n) is 8.35. The summed E-state index contributed by atoms with van der Waals surface area (Å²) in [7, 11) is 0. The van der Waals surface area contributed by atoms with Crippen LogP contribution in [0.15, 0.2) is 46.3 Å². The molecular formula is C18H22N4O2S. The third kappa shape index (κ3) is 4.22. The molecule has 0 bridgehead atoms. The number of aromatic amines is 1. The number of piperazine rings is 1. The summed E-state index contributed by atoms with van der Waals surface area (Å²) in [6, 6.07) is 8.22. The van der Waals surface area contributed by atoms with E-state index in [1.54, 1.807) is 18.0 Å². The molecule has 1 saturated heterocycles. The van der Waals surface area contributed by atoms with Gasteiger partial charge in [0.1, 0.15) is 0 Å². The Kier molecular flexibility index (Phi) is 5.43. The van der Waals surface area contributed by atoms with E-state index in [4.69, 9.17) is 0 Å². The SMILES string of the molecule is Cc1ccc(S[C@H](C)C(=O)N2CCN(c3ncc[nH]c3=O)CC2)cc1. The quantitative estimate of drug-likeness (QED) is 0.846.